The summed E-state index contributed by atoms with van der Waals surface area (Å²) in [6.45, 7) is 4.01. The number of hydrogen-bond acceptors (Lipinski definition) is 4. The lowest BCUT2D eigenvalue weighted by molar-refractivity contribution is -0.144. The number of aromatic nitrogens is 3. The van der Waals surface area contributed by atoms with Crippen LogP contribution in [0.4, 0.5) is 0 Å². The zero-order valence-corrected chi connectivity index (χ0v) is 9.01. The van der Waals surface area contributed by atoms with Crippen LogP contribution in [0.1, 0.15) is 44.5 Å². The monoisotopic (exact) mass is 209 g/mol. The molecule has 1 fully saturated rings. The van der Waals surface area contributed by atoms with E-state index in [2.05, 4.69) is 10.2 Å². The second kappa shape index (κ2) is 4.00. The highest BCUT2D eigenvalue weighted by Crippen LogP contribution is 2.36. The fraction of sp³-hybridized carbons (Fsp3) is 0.700. The topological polar surface area (TPSA) is 57.0 Å². The molecule has 0 amide bonds. The Hall–Kier alpha value is -1.39. The smallest absolute Gasteiger partial charge is 0.316 e. The Morgan fingerprint density at radius 1 is 1.73 bits per heavy atom. The van der Waals surface area contributed by atoms with E-state index in [1.54, 1.807) is 20.2 Å². The van der Waals surface area contributed by atoms with Crippen molar-refractivity contribution in [3.8, 4) is 0 Å². The summed E-state index contributed by atoms with van der Waals surface area (Å²) < 4.78 is 6.95. The Morgan fingerprint density at radius 3 is 3.07 bits per heavy atom. The number of nitrogens with zero attached hydrogens (tertiary/aromatic N) is 3. The van der Waals surface area contributed by atoms with Gasteiger partial charge in [-0.05, 0) is 26.7 Å². The molecule has 0 aliphatic heterocycles. The molecule has 1 aliphatic carbocycles. The SMILES string of the molecule is CCOC(=O)C(C)c1nncn1C1CC1. The van der Waals surface area contributed by atoms with Gasteiger partial charge in [-0.1, -0.05) is 0 Å². The van der Waals surface area contributed by atoms with Crippen molar-refractivity contribution < 1.29 is 9.53 Å². The largest absolute Gasteiger partial charge is 0.465 e. The van der Waals surface area contributed by atoms with Gasteiger partial charge in [0.2, 0.25) is 0 Å². The van der Waals surface area contributed by atoms with Crippen molar-refractivity contribution in [3.63, 3.8) is 0 Å². The van der Waals surface area contributed by atoms with Gasteiger partial charge in [0.1, 0.15) is 18.1 Å². The number of carbonyl (C=O) groups excluding carboxylic acids is 1. The van der Waals surface area contributed by atoms with Gasteiger partial charge in [0.05, 0.1) is 6.61 Å². The summed E-state index contributed by atoms with van der Waals surface area (Å²) in [7, 11) is 0. The molecule has 82 valence electrons. The number of rotatable bonds is 4. The van der Waals surface area contributed by atoms with Crippen LogP contribution >= 0.6 is 0 Å². The third-order valence-corrected chi connectivity index (χ3v) is 2.57. The molecule has 5 nitrogen and oxygen atoms in total. The molecule has 1 aromatic heterocycles. The van der Waals surface area contributed by atoms with Gasteiger partial charge in [-0.2, -0.15) is 0 Å². The van der Waals surface area contributed by atoms with Crippen LogP contribution in [0.25, 0.3) is 0 Å². The van der Waals surface area contributed by atoms with Crippen LogP contribution in [0.3, 0.4) is 0 Å². The van der Waals surface area contributed by atoms with Crippen molar-refractivity contribution in [2.75, 3.05) is 6.61 Å². The molecule has 5 heteroatoms. The molecule has 0 saturated heterocycles. The van der Waals surface area contributed by atoms with E-state index in [1.165, 1.54) is 0 Å². The predicted octanol–water partition coefficient (Wildman–Crippen LogP) is 1.28. The Balaban J connectivity index is 2.13. The van der Waals surface area contributed by atoms with Crippen molar-refractivity contribution in [2.24, 2.45) is 0 Å². The summed E-state index contributed by atoms with van der Waals surface area (Å²) in [5.74, 6) is 0.163. The number of hydrogen-bond donors (Lipinski definition) is 0. The average Bonchev–Trinajstić information content (AvgIpc) is 2.96. The molecule has 1 saturated carbocycles. The van der Waals surface area contributed by atoms with Crippen LogP contribution in [-0.4, -0.2) is 27.3 Å². The fourth-order valence-electron chi connectivity index (χ4n) is 1.57. The molecular weight excluding hydrogens is 194 g/mol. The minimum atomic E-state index is -0.326. The Morgan fingerprint density at radius 2 is 2.47 bits per heavy atom. The summed E-state index contributed by atoms with van der Waals surface area (Å²) in [5.41, 5.74) is 0. The molecule has 0 radical (unpaired) electrons. The second-order valence-corrected chi connectivity index (χ2v) is 3.80. The van der Waals surface area contributed by atoms with E-state index < -0.39 is 0 Å². The molecule has 0 spiro atoms. The molecule has 1 unspecified atom stereocenters. The van der Waals surface area contributed by atoms with Gasteiger partial charge in [0.25, 0.3) is 0 Å². The number of esters is 1. The number of ether oxygens (including phenoxy) is 1. The number of carbonyl (C=O) groups is 1. The van der Waals surface area contributed by atoms with Gasteiger partial charge >= 0.3 is 5.97 Å². The highest BCUT2D eigenvalue weighted by Gasteiger charge is 2.30. The van der Waals surface area contributed by atoms with Gasteiger partial charge in [-0.25, -0.2) is 0 Å². The molecule has 0 N–H and O–H groups in total. The molecule has 0 aromatic carbocycles. The highest BCUT2D eigenvalue weighted by atomic mass is 16.5. The van der Waals surface area contributed by atoms with E-state index in [-0.39, 0.29) is 11.9 Å². The maximum Gasteiger partial charge on any atom is 0.316 e. The first kappa shape index (κ1) is 10.1. The summed E-state index contributed by atoms with van der Waals surface area (Å²) in [6, 6.07) is 0.492. The Bertz CT molecular complexity index is 357. The first-order valence-corrected chi connectivity index (χ1v) is 5.30. The van der Waals surface area contributed by atoms with Crippen LogP contribution in [-0.2, 0) is 9.53 Å². The molecule has 1 aromatic rings. The maximum absolute atomic E-state index is 11.5. The van der Waals surface area contributed by atoms with Crippen LogP contribution in [0.5, 0.6) is 0 Å². The molecule has 0 bridgehead atoms. The quantitative estimate of drug-likeness (QED) is 0.701. The lowest BCUT2D eigenvalue weighted by Gasteiger charge is -2.11. The molecular formula is C10H15N3O2. The van der Waals surface area contributed by atoms with E-state index in [0.29, 0.717) is 12.6 Å². The summed E-state index contributed by atoms with van der Waals surface area (Å²) in [6.07, 6.45) is 4.00. The minimum absolute atomic E-state index is 0.229. The van der Waals surface area contributed by atoms with Crippen molar-refractivity contribution >= 4 is 5.97 Å². The van der Waals surface area contributed by atoms with Crippen molar-refractivity contribution in [1.82, 2.24) is 14.8 Å². The normalized spacial score (nSPS) is 17.5. The molecule has 1 heterocycles. The van der Waals surface area contributed by atoms with Gasteiger partial charge in [-0.3, -0.25) is 4.79 Å². The summed E-state index contributed by atoms with van der Waals surface area (Å²) in [4.78, 5) is 11.5. The summed E-state index contributed by atoms with van der Waals surface area (Å²) in [5, 5.41) is 7.84. The zero-order valence-electron chi connectivity index (χ0n) is 9.01. The molecule has 1 aliphatic rings. The van der Waals surface area contributed by atoms with Gasteiger partial charge in [-0.15, -0.1) is 10.2 Å². The second-order valence-electron chi connectivity index (χ2n) is 3.80. The first-order chi connectivity index (χ1) is 7.24. The minimum Gasteiger partial charge on any atom is -0.465 e. The Kier molecular flexibility index (Phi) is 2.70. The highest BCUT2D eigenvalue weighted by molar-refractivity contribution is 5.76. The van der Waals surface area contributed by atoms with Crippen LogP contribution in [0.15, 0.2) is 6.33 Å². The average molecular weight is 209 g/mol. The van der Waals surface area contributed by atoms with E-state index in [1.807, 2.05) is 4.57 Å². The zero-order chi connectivity index (χ0) is 10.8. The third-order valence-electron chi connectivity index (χ3n) is 2.57. The van der Waals surface area contributed by atoms with Crippen LogP contribution in [0, 0.1) is 0 Å². The first-order valence-electron chi connectivity index (χ1n) is 5.30. The van der Waals surface area contributed by atoms with E-state index in [4.69, 9.17) is 4.74 Å². The van der Waals surface area contributed by atoms with Crippen LogP contribution in [0.2, 0.25) is 0 Å². The maximum atomic E-state index is 11.5. The fourth-order valence-corrected chi connectivity index (χ4v) is 1.57. The Labute approximate surface area is 88.4 Å². The van der Waals surface area contributed by atoms with E-state index in [0.717, 1.165) is 18.7 Å². The predicted molar refractivity (Wildman–Crippen MR) is 53.3 cm³/mol. The van der Waals surface area contributed by atoms with Crippen molar-refractivity contribution in [1.29, 1.82) is 0 Å². The van der Waals surface area contributed by atoms with E-state index in [9.17, 15) is 4.79 Å². The summed E-state index contributed by atoms with van der Waals surface area (Å²) >= 11 is 0. The third kappa shape index (κ3) is 2.00. The van der Waals surface area contributed by atoms with Crippen molar-refractivity contribution in [3.05, 3.63) is 12.2 Å². The van der Waals surface area contributed by atoms with Crippen LogP contribution < -0.4 is 0 Å². The van der Waals surface area contributed by atoms with Gasteiger partial charge < -0.3 is 9.30 Å². The molecule has 15 heavy (non-hydrogen) atoms. The lowest BCUT2D eigenvalue weighted by Crippen LogP contribution is -2.17. The van der Waals surface area contributed by atoms with Gasteiger partial charge in [0, 0.05) is 6.04 Å². The van der Waals surface area contributed by atoms with Crippen molar-refractivity contribution in [2.45, 2.75) is 38.6 Å². The molecule has 1 atom stereocenters. The van der Waals surface area contributed by atoms with E-state index >= 15 is 0 Å². The lowest BCUT2D eigenvalue weighted by atomic mass is 10.1. The standard InChI is InChI=1S/C10H15N3O2/c1-3-15-10(14)7(2)9-12-11-6-13(9)8-4-5-8/h6-8H,3-5H2,1-2H3. The molecule has 2 rings (SSSR count). The van der Waals surface area contributed by atoms with Gasteiger partial charge in [0.15, 0.2) is 0 Å².